The van der Waals surface area contributed by atoms with E-state index in [4.69, 9.17) is 28.5 Å². The molecule has 0 aliphatic carbocycles. The highest BCUT2D eigenvalue weighted by Gasteiger charge is 2.17. The Morgan fingerprint density at radius 1 is 1.11 bits per heavy atom. The third-order valence-electron chi connectivity index (χ3n) is 2.68. The van der Waals surface area contributed by atoms with Gasteiger partial charge in [0.1, 0.15) is 6.10 Å². The molecule has 96 valence electrons. The van der Waals surface area contributed by atoms with Gasteiger partial charge in [0.05, 0.1) is 11.6 Å². The second-order valence-corrected chi connectivity index (χ2v) is 5.61. The number of aliphatic hydroxyl groups is 1. The van der Waals surface area contributed by atoms with E-state index >= 15 is 0 Å². The van der Waals surface area contributed by atoms with Crippen LogP contribution in [0.1, 0.15) is 22.8 Å². The van der Waals surface area contributed by atoms with Crippen LogP contribution in [0.5, 0.6) is 0 Å². The van der Waals surface area contributed by atoms with Gasteiger partial charge >= 0.3 is 0 Å². The molecule has 1 atom stereocenters. The fourth-order valence-corrected chi connectivity index (χ4v) is 2.69. The van der Waals surface area contributed by atoms with Crippen molar-refractivity contribution >= 4 is 39.1 Å². The van der Waals surface area contributed by atoms with Crippen molar-refractivity contribution in [2.45, 2.75) is 6.10 Å². The van der Waals surface area contributed by atoms with Gasteiger partial charge in [0.25, 0.3) is 0 Å². The van der Waals surface area contributed by atoms with Crippen LogP contribution in [0.4, 0.5) is 0 Å². The first-order chi connectivity index (χ1) is 9.02. The van der Waals surface area contributed by atoms with Gasteiger partial charge in [-0.1, -0.05) is 45.2 Å². The molecule has 0 radical (unpaired) electrons. The van der Waals surface area contributed by atoms with Gasteiger partial charge in [-0.25, -0.2) is 0 Å². The third-order valence-corrected chi connectivity index (χ3v) is 3.96. The second kappa shape index (κ2) is 5.94. The van der Waals surface area contributed by atoms with Crippen LogP contribution in [0.25, 0.3) is 0 Å². The molecule has 2 nitrogen and oxygen atoms in total. The zero-order valence-corrected chi connectivity index (χ0v) is 12.7. The standard InChI is InChI=1S/C14H8BrCl2NO/c15-12-4-1-8(7-18)5-11(12)14(19)10-3-2-9(16)6-13(10)17/h1-6,14,19H. The van der Waals surface area contributed by atoms with Crippen molar-refractivity contribution in [3.8, 4) is 6.07 Å². The summed E-state index contributed by atoms with van der Waals surface area (Å²) in [4.78, 5) is 0. The molecule has 0 fully saturated rings. The van der Waals surface area contributed by atoms with E-state index in [1.54, 1.807) is 36.4 Å². The first-order valence-corrected chi connectivity index (χ1v) is 6.90. The largest absolute Gasteiger partial charge is 0.384 e. The maximum absolute atomic E-state index is 10.4. The monoisotopic (exact) mass is 355 g/mol. The first-order valence-electron chi connectivity index (χ1n) is 5.35. The van der Waals surface area contributed by atoms with Crippen LogP contribution < -0.4 is 0 Å². The number of benzene rings is 2. The van der Waals surface area contributed by atoms with Crippen molar-refractivity contribution in [1.82, 2.24) is 0 Å². The summed E-state index contributed by atoms with van der Waals surface area (Å²) in [6.07, 6.45) is -0.924. The Labute approximate surface area is 129 Å². The number of nitriles is 1. The Bertz CT molecular complexity index is 667. The SMILES string of the molecule is N#Cc1ccc(Br)c(C(O)c2ccc(Cl)cc2Cl)c1. The van der Waals surface area contributed by atoms with E-state index in [0.717, 1.165) is 0 Å². The van der Waals surface area contributed by atoms with Gasteiger partial charge in [0.2, 0.25) is 0 Å². The molecule has 0 spiro atoms. The molecule has 1 N–H and O–H groups in total. The summed E-state index contributed by atoms with van der Waals surface area (Å²) < 4.78 is 0.713. The van der Waals surface area contributed by atoms with Crippen LogP contribution in [0.15, 0.2) is 40.9 Å². The molecule has 2 rings (SSSR count). The van der Waals surface area contributed by atoms with Gasteiger partial charge in [0.15, 0.2) is 0 Å². The van der Waals surface area contributed by atoms with Crippen LogP contribution >= 0.6 is 39.1 Å². The van der Waals surface area contributed by atoms with Crippen molar-refractivity contribution in [2.24, 2.45) is 0 Å². The molecular formula is C14H8BrCl2NO. The quantitative estimate of drug-likeness (QED) is 0.846. The third kappa shape index (κ3) is 3.10. The fraction of sp³-hybridized carbons (Fsp3) is 0.0714. The Balaban J connectivity index is 2.49. The van der Waals surface area contributed by atoms with Gasteiger partial charge in [-0.2, -0.15) is 5.26 Å². The maximum Gasteiger partial charge on any atom is 0.107 e. The van der Waals surface area contributed by atoms with E-state index < -0.39 is 6.10 Å². The minimum atomic E-state index is -0.924. The summed E-state index contributed by atoms with van der Waals surface area (Å²) in [5, 5.41) is 20.2. The Morgan fingerprint density at radius 2 is 1.84 bits per heavy atom. The van der Waals surface area contributed by atoms with Crippen molar-refractivity contribution in [3.63, 3.8) is 0 Å². The highest BCUT2D eigenvalue weighted by Crippen LogP contribution is 2.34. The van der Waals surface area contributed by atoms with E-state index in [2.05, 4.69) is 15.9 Å². The van der Waals surface area contributed by atoms with E-state index in [9.17, 15) is 5.11 Å². The predicted octanol–water partition coefficient (Wildman–Crippen LogP) is 4.71. The van der Waals surface area contributed by atoms with E-state index in [1.807, 2.05) is 6.07 Å². The molecule has 19 heavy (non-hydrogen) atoms. The van der Waals surface area contributed by atoms with Crippen LogP contribution in [-0.2, 0) is 0 Å². The summed E-state index contributed by atoms with van der Waals surface area (Å²) in [7, 11) is 0. The number of rotatable bonds is 2. The van der Waals surface area contributed by atoms with Crippen LogP contribution in [-0.4, -0.2) is 5.11 Å². The Hall–Kier alpha value is -1.05. The van der Waals surface area contributed by atoms with E-state index in [-0.39, 0.29) is 0 Å². The molecule has 2 aromatic carbocycles. The maximum atomic E-state index is 10.4. The van der Waals surface area contributed by atoms with Gasteiger partial charge < -0.3 is 5.11 Å². The van der Waals surface area contributed by atoms with Crippen molar-refractivity contribution in [1.29, 1.82) is 5.26 Å². The lowest BCUT2D eigenvalue weighted by Gasteiger charge is -2.15. The molecule has 0 aromatic heterocycles. The summed E-state index contributed by atoms with van der Waals surface area (Å²) in [6, 6.07) is 12.0. The number of hydrogen-bond donors (Lipinski definition) is 1. The zero-order valence-electron chi connectivity index (χ0n) is 9.57. The van der Waals surface area contributed by atoms with Crippen molar-refractivity contribution in [3.05, 3.63) is 67.6 Å². The minimum Gasteiger partial charge on any atom is -0.384 e. The van der Waals surface area contributed by atoms with E-state index in [0.29, 0.717) is 31.2 Å². The summed E-state index contributed by atoms with van der Waals surface area (Å²) in [5.74, 6) is 0. The molecule has 0 aliphatic heterocycles. The number of nitrogens with zero attached hydrogens (tertiary/aromatic N) is 1. The molecule has 0 amide bonds. The lowest BCUT2D eigenvalue weighted by atomic mass is 10.00. The van der Waals surface area contributed by atoms with Crippen LogP contribution in [0.2, 0.25) is 10.0 Å². The predicted molar refractivity (Wildman–Crippen MR) is 79.4 cm³/mol. The number of aliphatic hydroxyl groups excluding tert-OH is 1. The summed E-state index contributed by atoms with van der Waals surface area (Å²) in [5.41, 5.74) is 1.60. The normalized spacial score (nSPS) is 11.9. The first kappa shape index (κ1) is 14.4. The lowest BCUT2D eigenvalue weighted by Crippen LogP contribution is -2.02. The fourth-order valence-electron chi connectivity index (χ4n) is 1.71. The molecule has 0 saturated heterocycles. The average molecular weight is 357 g/mol. The molecule has 0 saturated carbocycles. The lowest BCUT2D eigenvalue weighted by molar-refractivity contribution is 0.219. The number of halogens is 3. The molecule has 1 unspecified atom stereocenters. The summed E-state index contributed by atoms with van der Waals surface area (Å²) >= 11 is 15.3. The highest BCUT2D eigenvalue weighted by atomic mass is 79.9. The van der Waals surface area contributed by atoms with Gasteiger partial charge in [0, 0.05) is 25.6 Å². The van der Waals surface area contributed by atoms with Gasteiger partial charge in [-0.05, 0) is 30.3 Å². The topological polar surface area (TPSA) is 44.0 Å². The zero-order chi connectivity index (χ0) is 14.0. The minimum absolute atomic E-state index is 0.384. The van der Waals surface area contributed by atoms with E-state index in [1.165, 1.54) is 0 Å². The summed E-state index contributed by atoms with van der Waals surface area (Å²) in [6.45, 7) is 0. The molecular weight excluding hydrogens is 349 g/mol. The Morgan fingerprint density at radius 3 is 2.47 bits per heavy atom. The molecule has 0 aliphatic rings. The van der Waals surface area contributed by atoms with Crippen LogP contribution in [0.3, 0.4) is 0 Å². The van der Waals surface area contributed by atoms with Gasteiger partial charge in [-0.15, -0.1) is 0 Å². The average Bonchev–Trinajstić information content (AvgIpc) is 2.38. The molecule has 2 aromatic rings. The molecule has 5 heteroatoms. The smallest absolute Gasteiger partial charge is 0.107 e. The van der Waals surface area contributed by atoms with Crippen molar-refractivity contribution < 1.29 is 5.11 Å². The number of hydrogen-bond acceptors (Lipinski definition) is 2. The van der Waals surface area contributed by atoms with Gasteiger partial charge in [-0.3, -0.25) is 0 Å². The molecule has 0 bridgehead atoms. The molecule has 0 heterocycles. The Kier molecular flexibility index (Phi) is 4.49. The highest BCUT2D eigenvalue weighted by molar-refractivity contribution is 9.10. The second-order valence-electron chi connectivity index (χ2n) is 3.92. The van der Waals surface area contributed by atoms with Crippen LogP contribution in [0, 0.1) is 11.3 Å². The van der Waals surface area contributed by atoms with Crippen molar-refractivity contribution in [2.75, 3.05) is 0 Å².